The molecule has 0 aliphatic rings. The van der Waals surface area contributed by atoms with Gasteiger partial charge < -0.3 is 15.4 Å². The van der Waals surface area contributed by atoms with Crippen LogP contribution in [-0.2, 0) is 9.53 Å². The van der Waals surface area contributed by atoms with E-state index in [9.17, 15) is 14.0 Å². The highest BCUT2D eigenvalue weighted by atomic mass is 19.1. The summed E-state index contributed by atoms with van der Waals surface area (Å²) in [5.74, 6) is -1.39. The Bertz CT molecular complexity index is 660. The lowest BCUT2D eigenvalue weighted by Crippen LogP contribution is -2.48. The average Bonchev–Trinajstić information content (AvgIpc) is 2.44. The molecule has 24 heavy (non-hydrogen) atoms. The van der Waals surface area contributed by atoms with Crippen LogP contribution in [0.1, 0.15) is 40.2 Å². The second-order valence-corrected chi connectivity index (χ2v) is 6.66. The van der Waals surface area contributed by atoms with Gasteiger partial charge in [-0.3, -0.25) is 0 Å². The largest absolute Gasteiger partial charge is 0.458 e. The van der Waals surface area contributed by atoms with Crippen LogP contribution in [0.5, 0.6) is 0 Å². The van der Waals surface area contributed by atoms with Crippen molar-refractivity contribution in [3.8, 4) is 6.07 Å². The summed E-state index contributed by atoms with van der Waals surface area (Å²) < 4.78 is 18.6. The number of amides is 2. The minimum absolute atomic E-state index is 0.180. The maximum Gasteiger partial charge on any atom is 0.329 e. The third kappa shape index (κ3) is 5.88. The second-order valence-electron chi connectivity index (χ2n) is 6.66. The Kier molecular flexibility index (Phi) is 6.29. The number of benzene rings is 1. The summed E-state index contributed by atoms with van der Waals surface area (Å²) in [6, 6.07) is 3.84. The Morgan fingerprint density at radius 2 is 1.92 bits per heavy atom. The Labute approximate surface area is 141 Å². The Morgan fingerprint density at radius 1 is 1.29 bits per heavy atom. The van der Waals surface area contributed by atoms with Crippen LogP contribution in [0.3, 0.4) is 0 Å². The van der Waals surface area contributed by atoms with Gasteiger partial charge in [-0.2, -0.15) is 5.26 Å². The number of ether oxygens (including phenoxy) is 1. The van der Waals surface area contributed by atoms with Crippen LogP contribution in [0.2, 0.25) is 0 Å². The predicted molar refractivity (Wildman–Crippen MR) is 87.7 cm³/mol. The van der Waals surface area contributed by atoms with Gasteiger partial charge in [0.05, 0.1) is 5.56 Å². The number of halogens is 1. The van der Waals surface area contributed by atoms with E-state index in [1.807, 2.05) is 0 Å². The number of hydrogen-bond acceptors (Lipinski definition) is 4. The summed E-state index contributed by atoms with van der Waals surface area (Å²) in [6.45, 7) is 8.78. The number of nitriles is 1. The highest BCUT2D eigenvalue weighted by Gasteiger charge is 2.29. The number of rotatable bonds is 4. The van der Waals surface area contributed by atoms with Gasteiger partial charge in [-0.25, -0.2) is 14.0 Å². The molecule has 0 saturated carbocycles. The van der Waals surface area contributed by atoms with E-state index in [0.29, 0.717) is 0 Å². The van der Waals surface area contributed by atoms with Crippen molar-refractivity contribution in [1.29, 1.82) is 5.26 Å². The quantitative estimate of drug-likeness (QED) is 0.827. The Morgan fingerprint density at radius 3 is 2.42 bits per heavy atom. The number of esters is 1. The summed E-state index contributed by atoms with van der Waals surface area (Å²) >= 11 is 0. The van der Waals surface area contributed by atoms with Gasteiger partial charge in [-0.05, 0) is 44.9 Å². The molecule has 1 rings (SSSR count). The van der Waals surface area contributed by atoms with Gasteiger partial charge >= 0.3 is 12.0 Å². The molecule has 0 aliphatic carbocycles. The van der Waals surface area contributed by atoms with Crippen LogP contribution >= 0.6 is 0 Å². The summed E-state index contributed by atoms with van der Waals surface area (Å²) in [4.78, 5) is 24.3. The summed E-state index contributed by atoms with van der Waals surface area (Å²) in [5.41, 5.74) is -0.599. The summed E-state index contributed by atoms with van der Waals surface area (Å²) in [5, 5.41) is 13.8. The molecular weight excluding hydrogens is 313 g/mol. The van der Waals surface area contributed by atoms with E-state index < -0.39 is 29.5 Å². The minimum Gasteiger partial charge on any atom is -0.458 e. The molecule has 0 radical (unpaired) electrons. The number of carbonyl (C=O) groups is 2. The first-order chi connectivity index (χ1) is 11.0. The zero-order chi connectivity index (χ0) is 18.5. The van der Waals surface area contributed by atoms with Gasteiger partial charge in [0.2, 0.25) is 0 Å². The Hall–Kier alpha value is -2.62. The van der Waals surface area contributed by atoms with Crippen molar-refractivity contribution >= 4 is 17.7 Å². The number of nitrogens with zero attached hydrogens (tertiary/aromatic N) is 1. The summed E-state index contributed by atoms with van der Waals surface area (Å²) in [7, 11) is 0. The third-order valence-electron chi connectivity index (χ3n) is 2.96. The molecule has 1 aromatic carbocycles. The highest BCUT2D eigenvalue weighted by Crippen LogP contribution is 2.15. The predicted octanol–water partition coefficient (Wildman–Crippen LogP) is 3.19. The molecule has 1 aromatic rings. The molecule has 0 aliphatic heterocycles. The average molecular weight is 335 g/mol. The second kappa shape index (κ2) is 7.77. The molecule has 2 N–H and O–H groups in total. The van der Waals surface area contributed by atoms with Crippen molar-refractivity contribution in [2.75, 3.05) is 5.32 Å². The van der Waals surface area contributed by atoms with Crippen molar-refractivity contribution in [2.45, 2.75) is 46.3 Å². The minimum atomic E-state index is -0.833. The molecular formula is C17H22FN3O3. The lowest BCUT2D eigenvalue weighted by Gasteiger charge is -2.26. The topological polar surface area (TPSA) is 91.2 Å². The maximum atomic E-state index is 13.3. The first-order valence-electron chi connectivity index (χ1n) is 7.53. The zero-order valence-electron chi connectivity index (χ0n) is 14.4. The SMILES string of the molecule is CC(C)[C@H](NC(=O)Nc1ccc(F)c(C#N)c1)C(=O)OC(C)(C)C. The lowest BCUT2D eigenvalue weighted by molar-refractivity contribution is -0.158. The van der Waals surface area contributed by atoms with Crippen LogP contribution in [-0.4, -0.2) is 23.6 Å². The lowest BCUT2D eigenvalue weighted by atomic mass is 10.0. The van der Waals surface area contributed by atoms with Crippen LogP contribution in [0.4, 0.5) is 14.9 Å². The van der Waals surface area contributed by atoms with Gasteiger partial charge in [-0.1, -0.05) is 13.8 Å². The molecule has 0 unspecified atom stereocenters. The van der Waals surface area contributed by atoms with Gasteiger partial charge in [0, 0.05) is 5.69 Å². The number of anilines is 1. The van der Waals surface area contributed by atoms with E-state index in [1.165, 1.54) is 12.1 Å². The monoisotopic (exact) mass is 335 g/mol. The van der Waals surface area contributed by atoms with Crippen molar-refractivity contribution in [3.63, 3.8) is 0 Å². The summed E-state index contributed by atoms with van der Waals surface area (Å²) in [6.07, 6.45) is 0. The Balaban J connectivity index is 2.80. The fourth-order valence-corrected chi connectivity index (χ4v) is 1.86. The van der Waals surface area contributed by atoms with Crippen molar-refractivity contribution < 1.29 is 18.7 Å². The number of carbonyl (C=O) groups excluding carboxylic acids is 2. The van der Waals surface area contributed by atoms with Crippen molar-refractivity contribution in [2.24, 2.45) is 5.92 Å². The van der Waals surface area contributed by atoms with E-state index in [0.717, 1.165) is 6.07 Å². The van der Waals surface area contributed by atoms with Crippen LogP contribution in [0.25, 0.3) is 0 Å². The molecule has 1 atom stereocenters. The standard InChI is InChI=1S/C17H22FN3O3/c1-10(2)14(15(22)24-17(3,4)5)21-16(23)20-12-6-7-13(18)11(8-12)9-19/h6-8,10,14H,1-5H3,(H2,20,21,23)/t14-/m0/s1. The van der Waals surface area contributed by atoms with Gasteiger partial charge in [0.1, 0.15) is 23.5 Å². The molecule has 2 amide bonds. The molecule has 0 aromatic heterocycles. The van der Waals surface area contributed by atoms with Crippen molar-refractivity contribution in [3.05, 3.63) is 29.6 Å². The van der Waals surface area contributed by atoms with Crippen molar-refractivity contribution in [1.82, 2.24) is 5.32 Å². The molecule has 0 bridgehead atoms. The number of urea groups is 1. The highest BCUT2D eigenvalue weighted by molar-refractivity contribution is 5.92. The van der Waals surface area contributed by atoms with Crippen LogP contribution in [0, 0.1) is 23.1 Å². The normalized spacial score (nSPS) is 12.2. The van der Waals surface area contributed by atoms with E-state index in [1.54, 1.807) is 40.7 Å². The molecule has 130 valence electrons. The molecule has 0 fully saturated rings. The fraction of sp³-hybridized carbons (Fsp3) is 0.471. The van der Waals surface area contributed by atoms with Gasteiger partial charge in [0.15, 0.2) is 0 Å². The molecule has 6 nitrogen and oxygen atoms in total. The van der Waals surface area contributed by atoms with E-state index in [2.05, 4.69) is 10.6 Å². The molecule has 7 heteroatoms. The zero-order valence-corrected chi connectivity index (χ0v) is 14.4. The fourth-order valence-electron chi connectivity index (χ4n) is 1.86. The number of hydrogen-bond donors (Lipinski definition) is 2. The first-order valence-corrected chi connectivity index (χ1v) is 7.53. The number of nitrogens with one attached hydrogen (secondary N) is 2. The maximum absolute atomic E-state index is 13.3. The van der Waals surface area contributed by atoms with E-state index in [4.69, 9.17) is 10.00 Å². The van der Waals surface area contributed by atoms with Crippen LogP contribution < -0.4 is 10.6 Å². The first kappa shape index (κ1) is 19.4. The van der Waals surface area contributed by atoms with Crippen LogP contribution in [0.15, 0.2) is 18.2 Å². The molecule has 0 saturated heterocycles. The van der Waals surface area contributed by atoms with E-state index >= 15 is 0 Å². The molecule has 0 heterocycles. The van der Waals surface area contributed by atoms with E-state index in [-0.39, 0.29) is 17.2 Å². The van der Waals surface area contributed by atoms with Gasteiger partial charge in [-0.15, -0.1) is 0 Å². The third-order valence-corrected chi connectivity index (χ3v) is 2.96. The molecule has 0 spiro atoms. The smallest absolute Gasteiger partial charge is 0.329 e. The van der Waals surface area contributed by atoms with Gasteiger partial charge in [0.25, 0.3) is 0 Å².